The third-order valence-electron chi connectivity index (χ3n) is 5.24. The van der Waals surface area contributed by atoms with Gasteiger partial charge in [-0.2, -0.15) is 0 Å². The van der Waals surface area contributed by atoms with E-state index in [2.05, 4.69) is 24.0 Å². The molecule has 5 heteroatoms. The van der Waals surface area contributed by atoms with E-state index in [-0.39, 0.29) is 18.6 Å². The first-order valence-corrected chi connectivity index (χ1v) is 9.20. The average Bonchev–Trinajstić information content (AvgIpc) is 3.27. The van der Waals surface area contributed by atoms with Gasteiger partial charge >= 0.3 is 0 Å². The largest absolute Gasteiger partial charge is 0.461 e. The Balaban J connectivity index is 1.59. The quantitative estimate of drug-likeness (QED) is 0.865. The molecule has 1 aromatic carbocycles. The van der Waals surface area contributed by atoms with Gasteiger partial charge in [0.2, 0.25) is 5.91 Å². The van der Waals surface area contributed by atoms with Crippen LogP contribution < -0.4 is 0 Å². The highest BCUT2D eigenvalue weighted by Crippen LogP contribution is 2.25. The number of furan rings is 1. The third kappa shape index (κ3) is 4.17. The molecule has 26 heavy (non-hydrogen) atoms. The van der Waals surface area contributed by atoms with Crippen LogP contribution in [-0.2, 0) is 11.2 Å². The number of rotatable bonds is 6. The maximum Gasteiger partial charge on any atom is 0.223 e. The molecular weight excluding hydrogens is 328 g/mol. The zero-order valence-electron chi connectivity index (χ0n) is 15.8. The van der Waals surface area contributed by atoms with Gasteiger partial charge in [-0.05, 0) is 39.6 Å². The van der Waals surface area contributed by atoms with Crippen molar-refractivity contribution < 1.29 is 14.3 Å². The van der Waals surface area contributed by atoms with Gasteiger partial charge < -0.3 is 19.3 Å². The highest BCUT2D eigenvalue weighted by molar-refractivity contribution is 5.77. The first-order chi connectivity index (χ1) is 12.5. The molecule has 2 atom stereocenters. The van der Waals surface area contributed by atoms with E-state index in [1.54, 1.807) is 0 Å². The summed E-state index contributed by atoms with van der Waals surface area (Å²) in [5, 5.41) is 9.59. The molecule has 0 unspecified atom stereocenters. The van der Waals surface area contributed by atoms with E-state index in [0.29, 0.717) is 25.4 Å². The monoisotopic (exact) mass is 356 g/mol. The molecule has 1 aliphatic heterocycles. The zero-order valence-corrected chi connectivity index (χ0v) is 15.8. The van der Waals surface area contributed by atoms with Crippen molar-refractivity contribution in [2.75, 3.05) is 27.2 Å². The summed E-state index contributed by atoms with van der Waals surface area (Å²) >= 11 is 0. The summed E-state index contributed by atoms with van der Waals surface area (Å²) in [5.41, 5.74) is 2.26. The maximum absolute atomic E-state index is 12.6. The number of hydrogen-bond acceptors (Lipinski definition) is 4. The molecule has 3 rings (SSSR count). The van der Waals surface area contributed by atoms with Gasteiger partial charge in [0, 0.05) is 31.0 Å². The minimum atomic E-state index is -0.0744. The van der Waals surface area contributed by atoms with Crippen molar-refractivity contribution in [3.8, 4) is 11.3 Å². The lowest BCUT2D eigenvalue weighted by atomic mass is 10.1. The average molecular weight is 356 g/mol. The second kappa shape index (κ2) is 8.06. The Morgan fingerprint density at radius 3 is 2.62 bits per heavy atom. The number of benzene rings is 1. The number of hydrogen-bond donors (Lipinski definition) is 1. The highest BCUT2D eigenvalue weighted by atomic mass is 16.3. The van der Waals surface area contributed by atoms with Gasteiger partial charge in [0.25, 0.3) is 0 Å². The van der Waals surface area contributed by atoms with E-state index >= 15 is 0 Å². The Morgan fingerprint density at radius 2 is 1.96 bits per heavy atom. The van der Waals surface area contributed by atoms with Gasteiger partial charge in [-0.1, -0.05) is 29.8 Å². The van der Waals surface area contributed by atoms with Crippen molar-refractivity contribution in [2.45, 2.75) is 38.3 Å². The standard InChI is InChI=1S/C21H28N2O3/c1-15-4-6-16(7-5-15)20-10-8-19(26-20)9-11-21(25)23-13-17(22(2)3)12-18(23)14-24/h4-8,10,17-18,24H,9,11-14H2,1-3H3/t17-,18+/m1/s1. The van der Waals surface area contributed by atoms with Crippen molar-refractivity contribution in [1.82, 2.24) is 9.80 Å². The zero-order chi connectivity index (χ0) is 18.7. The Morgan fingerprint density at radius 1 is 1.23 bits per heavy atom. The number of likely N-dealkylation sites (N-methyl/N-ethyl adjacent to an activating group) is 1. The van der Waals surface area contributed by atoms with E-state index < -0.39 is 0 Å². The smallest absolute Gasteiger partial charge is 0.223 e. The van der Waals surface area contributed by atoms with Crippen LogP contribution in [0.15, 0.2) is 40.8 Å². The highest BCUT2D eigenvalue weighted by Gasteiger charge is 2.35. The number of aliphatic hydroxyl groups excluding tert-OH is 1. The molecule has 1 aromatic heterocycles. The molecule has 0 aliphatic carbocycles. The fourth-order valence-corrected chi connectivity index (χ4v) is 3.50. The molecule has 2 heterocycles. The van der Waals surface area contributed by atoms with E-state index in [9.17, 15) is 9.90 Å². The first-order valence-electron chi connectivity index (χ1n) is 9.20. The molecule has 1 fully saturated rings. The number of aliphatic hydroxyl groups is 1. The Bertz CT molecular complexity index is 736. The minimum Gasteiger partial charge on any atom is -0.461 e. The number of aryl methyl sites for hydroxylation is 2. The molecule has 1 amide bonds. The Hall–Kier alpha value is -2.11. The van der Waals surface area contributed by atoms with E-state index in [1.165, 1.54) is 5.56 Å². The Labute approximate surface area is 155 Å². The first kappa shape index (κ1) is 18.7. The van der Waals surface area contributed by atoms with Crippen LogP contribution in [-0.4, -0.2) is 60.1 Å². The SMILES string of the molecule is Cc1ccc(-c2ccc(CCC(=O)N3C[C@H](N(C)C)C[C@H]3CO)o2)cc1. The number of carbonyl (C=O) groups is 1. The van der Waals surface area contributed by atoms with Gasteiger partial charge in [0.1, 0.15) is 11.5 Å². The van der Waals surface area contributed by atoms with E-state index in [0.717, 1.165) is 23.5 Å². The maximum atomic E-state index is 12.6. The molecular formula is C21H28N2O3. The summed E-state index contributed by atoms with van der Waals surface area (Å²) in [5.74, 6) is 1.73. The van der Waals surface area contributed by atoms with Crippen LogP contribution in [0.1, 0.15) is 24.2 Å². The number of carbonyl (C=O) groups excluding carboxylic acids is 1. The summed E-state index contributed by atoms with van der Waals surface area (Å²) in [4.78, 5) is 16.6. The minimum absolute atomic E-state index is 0.0222. The van der Waals surface area contributed by atoms with Crippen LogP contribution in [0.4, 0.5) is 0 Å². The summed E-state index contributed by atoms with van der Waals surface area (Å²) in [7, 11) is 4.03. The molecule has 1 aliphatic rings. The van der Waals surface area contributed by atoms with Crippen LogP contribution in [0.2, 0.25) is 0 Å². The van der Waals surface area contributed by atoms with Crippen LogP contribution >= 0.6 is 0 Å². The fourth-order valence-electron chi connectivity index (χ4n) is 3.50. The molecule has 0 saturated carbocycles. The van der Waals surface area contributed by atoms with Gasteiger partial charge in [-0.3, -0.25) is 4.79 Å². The second-order valence-electron chi connectivity index (χ2n) is 7.37. The predicted octanol–water partition coefficient (Wildman–Crippen LogP) is 2.71. The van der Waals surface area contributed by atoms with Gasteiger partial charge in [-0.25, -0.2) is 0 Å². The molecule has 0 bridgehead atoms. The molecule has 140 valence electrons. The van der Waals surface area contributed by atoms with Gasteiger partial charge in [-0.15, -0.1) is 0 Å². The Kier molecular flexibility index (Phi) is 5.79. The predicted molar refractivity (Wildman–Crippen MR) is 102 cm³/mol. The third-order valence-corrected chi connectivity index (χ3v) is 5.24. The van der Waals surface area contributed by atoms with Crippen LogP contribution in [0, 0.1) is 6.92 Å². The molecule has 2 aromatic rings. The summed E-state index contributed by atoms with van der Waals surface area (Å²) in [6.45, 7) is 2.76. The van der Waals surface area contributed by atoms with Crippen molar-refractivity contribution in [3.63, 3.8) is 0 Å². The van der Waals surface area contributed by atoms with Crippen LogP contribution in [0.25, 0.3) is 11.3 Å². The number of nitrogens with zero attached hydrogens (tertiary/aromatic N) is 2. The molecule has 1 N–H and O–H groups in total. The fraction of sp³-hybridized carbons (Fsp3) is 0.476. The van der Waals surface area contributed by atoms with Crippen molar-refractivity contribution in [3.05, 3.63) is 47.7 Å². The van der Waals surface area contributed by atoms with Crippen LogP contribution in [0.5, 0.6) is 0 Å². The van der Waals surface area contributed by atoms with Gasteiger partial charge in [0.15, 0.2) is 0 Å². The lowest BCUT2D eigenvalue weighted by molar-refractivity contribution is -0.132. The molecule has 0 spiro atoms. The summed E-state index contributed by atoms with van der Waals surface area (Å²) in [6, 6.07) is 12.3. The van der Waals surface area contributed by atoms with Crippen molar-refractivity contribution >= 4 is 5.91 Å². The lowest BCUT2D eigenvalue weighted by Gasteiger charge is -2.23. The number of likely N-dealkylation sites (tertiary alicyclic amines) is 1. The van der Waals surface area contributed by atoms with E-state index in [4.69, 9.17) is 4.42 Å². The molecule has 1 saturated heterocycles. The van der Waals surface area contributed by atoms with Crippen molar-refractivity contribution in [2.24, 2.45) is 0 Å². The number of amides is 1. The second-order valence-corrected chi connectivity index (χ2v) is 7.37. The normalized spacial score (nSPS) is 20.1. The van der Waals surface area contributed by atoms with Crippen LogP contribution in [0.3, 0.4) is 0 Å². The summed E-state index contributed by atoms with van der Waals surface area (Å²) < 4.78 is 5.91. The summed E-state index contributed by atoms with van der Waals surface area (Å²) in [6.07, 6.45) is 1.80. The molecule has 0 radical (unpaired) electrons. The van der Waals surface area contributed by atoms with Gasteiger partial charge in [0.05, 0.1) is 12.6 Å². The topological polar surface area (TPSA) is 56.9 Å². The lowest BCUT2D eigenvalue weighted by Crippen LogP contribution is -2.38. The molecule has 5 nitrogen and oxygen atoms in total. The van der Waals surface area contributed by atoms with Crippen molar-refractivity contribution in [1.29, 1.82) is 0 Å². The van der Waals surface area contributed by atoms with E-state index in [1.807, 2.05) is 43.3 Å².